The number of rotatable bonds is 1. The molecule has 0 amide bonds. The topological polar surface area (TPSA) is 101 Å². The number of hydrogen-bond acceptors (Lipinski definition) is 5. The molecule has 0 aromatic carbocycles. The van der Waals surface area contributed by atoms with Crippen LogP contribution in [-0.4, -0.2) is 24.1 Å². The molecule has 0 aliphatic rings. The van der Waals surface area contributed by atoms with Gasteiger partial charge in [-0.05, 0) is 0 Å². The van der Waals surface area contributed by atoms with Crippen LogP contribution in [0.15, 0.2) is 15.8 Å². The van der Waals surface area contributed by atoms with Gasteiger partial charge in [-0.2, -0.15) is 0 Å². The molecule has 0 atom stereocenters. The number of nitrogens with zero attached hydrogens (tertiary/aromatic N) is 5. The molecule has 2 heterocycles. The predicted octanol–water partition coefficient (Wildman–Crippen LogP) is -1.10. The van der Waals surface area contributed by atoms with E-state index in [1.165, 1.54) is 20.3 Å². The summed E-state index contributed by atoms with van der Waals surface area (Å²) >= 11 is 5.73. The van der Waals surface area contributed by atoms with E-state index >= 15 is 0 Å². The quantitative estimate of drug-likeness (QED) is 0.698. The summed E-state index contributed by atoms with van der Waals surface area (Å²) in [5.41, 5.74) is 4.37. The third kappa shape index (κ3) is 1.72. The fourth-order valence-corrected chi connectivity index (χ4v) is 1.43. The lowest BCUT2D eigenvalue weighted by molar-refractivity contribution is 0.579. The van der Waals surface area contributed by atoms with E-state index in [4.69, 9.17) is 17.3 Å². The lowest BCUT2D eigenvalue weighted by atomic mass is 10.6. The van der Waals surface area contributed by atoms with Crippen molar-refractivity contribution in [1.82, 2.24) is 24.1 Å². The fourth-order valence-electron chi connectivity index (χ4n) is 1.30. The van der Waals surface area contributed by atoms with E-state index in [9.17, 15) is 9.59 Å². The average molecular weight is 257 g/mol. The summed E-state index contributed by atoms with van der Waals surface area (Å²) in [4.78, 5) is 23.2. The molecular formula is C8H9ClN6O2. The molecular weight excluding hydrogens is 248 g/mol. The highest BCUT2D eigenvalue weighted by molar-refractivity contribution is 6.32. The molecule has 0 unspecified atom stereocenters. The van der Waals surface area contributed by atoms with Gasteiger partial charge in [0.2, 0.25) is 5.82 Å². The van der Waals surface area contributed by atoms with Gasteiger partial charge in [0.1, 0.15) is 5.02 Å². The number of aryl methyl sites for hydroxylation is 1. The molecule has 0 radical (unpaired) electrons. The van der Waals surface area contributed by atoms with Crippen LogP contribution in [0.1, 0.15) is 0 Å². The maximum absolute atomic E-state index is 11.8. The number of nitrogen functional groups attached to an aromatic ring is 1. The summed E-state index contributed by atoms with van der Waals surface area (Å²) in [6.07, 6.45) is 1.35. The lowest BCUT2D eigenvalue weighted by Gasteiger charge is -2.04. The summed E-state index contributed by atoms with van der Waals surface area (Å²) in [6, 6.07) is 0. The summed E-state index contributed by atoms with van der Waals surface area (Å²) in [7, 11) is 2.78. The van der Waals surface area contributed by atoms with Gasteiger partial charge >= 0.3 is 11.2 Å². The van der Waals surface area contributed by atoms with Gasteiger partial charge in [-0.1, -0.05) is 11.6 Å². The molecule has 2 rings (SSSR count). The zero-order valence-corrected chi connectivity index (χ0v) is 9.84. The van der Waals surface area contributed by atoms with Crippen LogP contribution >= 0.6 is 11.6 Å². The smallest absolute Gasteiger partial charge is 0.346 e. The van der Waals surface area contributed by atoms with Crippen LogP contribution in [0.5, 0.6) is 0 Å². The Hall–Kier alpha value is -2.09. The van der Waals surface area contributed by atoms with E-state index in [0.29, 0.717) is 0 Å². The number of nitrogens with two attached hydrogens (primary N) is 1. The van der Waals surface area contributed by atoms with Crippen LogP contribution in [0.4, 0.5) is 5.82 Å². The number of hydrogen-bond donors (Lipinski definition) is 1. The second-order valence-electron chi connectivity index (χ2n) is 3.40. The Bertz CT molecular complexity index is 678. The van der Waals surface area contributed by atoms with E-state index in [1.807, 2.05) is 0 Å². The standard InChI is InChI=1S/C8H9ClN6O2/c1-13-7(16)6(12-14(2)8(13)17)15-3-4(9)5(10)11-15/h3H,1-2H3,(H2,10,11). The van der Waals surface area contributed by atoms with Gasteiger partial charge in [-0.3, -0.25) is 9.36 Å². The Kier molecular flexibility index (Phi) is 2.50. The molecule has 0 aliphatic carbocycles. The average Bonchev–Trinajstić information content (AvgIpc) is 2.61. The molecule has 2 aromatic rings. The summed E-state index contributed by atoms with van der Waals surface area (Å²) in [5.74, 6) is 0.0394. The molecule has 0 spiro atoms. The highest BCUT2D eigenvalue weighted by atomic mass is 35.5. The van der Waals surface area contributed by atoms with Crippen LogP contribution in [0, 0.1) is 0 Å². The van der Waals surface area contributed by atoms with E-state index in [1.54, 1.807) is 0 Å². The van der Waals surface area contributed by atoms with Crippen molar-refractivity contribution in [3.05, 3.63) is 32.1 Å². The minimum absolute atomic E-state index is 0.0480. The van der Waals surface area contributed by atoms with Crippen molar-refractivity contribution < 1.29 is 0 Å². The zero-order chi connectivity index (χ0) is 12.7. The Labute approximate surface area is 99.8 Å². The SMILES string of the molecule is Cn1nc(-n2cc(Cl)c(N)n2)c(=O)n(C)c1=O. The van der Waals surface area contributed by atoms with Crippen molar-refractivity contribution in [2.45, 2.75) is 0 Å². The first kappa shape index (κ1) is 11.4. The van der Waals surface area contributed by atoms with E-state index in [0.717, 1.165) is 13.9 Å². The third-order valence-electron chi connectivity index (χ3n) is 2.22. The number of aromatic nitrogens is 5. The second kappa shape index (κ2) is 3.74. The van der Waals surface area contributed by atoms with Gasteiger partial charge in [-0.15, -0.1) is 10.2 Å². The van der Waals surface area contributed by atoms with Crippen molar-refractivity contribution in [1.29, 1.82) is 0 Å². The molecule has 17 heavy (non-hydrogen) atoms. The molecule has 9 heteroatoms. The Balaban J connectivity index is 2.77. The number of anilines is 1. The van der Waals surface area contributed by atoms with Gasteiger partial charge in [0, 0.05) is 14.1 Å². The predicted molar refractivity (Wildman–Crippen MR) is 61.3 cm³/mol. The van der Waals surface area contributed by atoms with E-state index < -0.39 is 11.2 Å². The monoisotopic (exact) mass is 256 g/mol. The molecule has 90 valence electrons. The van der Waals surface area contributed by atoms with Crippen LogP contribution in [0.3, 0.4) is 0 Å². The van der Waals surface area contributed by atoms with Crippen molar-refractivity contribution in [2.24, 2.45) is 14.1 Å². The molecule has 2 aromatic heterocycles. The van der Waals surface area contributed by atoms with Gasteiger partial charge < -0.3 is 5.73 Å². The van der Waals surface area contributed by atoms with Crippen LogP contribution < -0.4 is 17.0 Å². The minimum Gasteiger partial charge on any atom is -0.381 e. The molecule has 8 nitrogen and oxygen atoms in total. The normalized spacial score (nSPS) is 10.8. The lowest BCUT2D eigenvalue weighted by Crippen LogP contribution is -2.40. The molecule has 0 bridgehead atoms. The molecule has 2 N–H and O–H groups in total. The maximum Gasteiger partial charge on any atom is 0.346 e. The summed E-state index contributed by atoms with van der Waals surface area (Å²) < 4.78 is 3.09. The first-order valence-electron chi connectivity index (χ1n) is 4.57. The van der Waals surface area contributed by atoms with Gasteiger partial charge in [-0.25, -0.2) is 14.2 Å². The van der Waals surface area contributed by atoms with Crippen LogP contribution in [0.25, 0.3) is 5.82 Å². The molecule has 0 aliphatic heterocycles. The van der Waals surface area contributed by atoms with E-state index in [2.05, 4.69) is 10.2 Å². The first-order chi connectivity index (χ1) is 7.91. The largest absolute Gasteiger partial charge is 0.381 e. The highest BCUT2D eigenvalue weighted by Gasteiger charge is 2.13. The maximum atomic E-state index is 11.8. The van der Waals surface area contributed by atoms with Gasteiger partial charge in [0.05, 0.1) is 6.20 Å². The molecule has 0 saturated heterocycles. The van der Waals surface area contributed by atoms with Crippen molar-refractivity contribution >= 4 is 17.4 Å². The molecule has 0 fully saturated rings. The van der Waals surface area contributed by atoms with Crippen molar-refractivity contribution in [3.63, 3.8) is 0 Å². The van der Waals surface area contributed by atoms with Crippen molar-refractivity contribution in [3.8, 4) is 5.82 Å². The minimum atomic E-state index is -0.577. The van der Waals surface area contributed by atoms with Crippen LogP contribution in [0.2, 0.25) is 5.02 Å². The Morgan fingerprint density at radius 1 is 1.29 bits per heavy atom. The van der Waals surface area contributed by atoms with Gasteiger partial charge in [0.25, 0.3) is 0 Å². The Morgan fingerprint density at radius 2 is 1.94 bits per heavy atom. The summed E-state index contributed by atoms with van der Waals surface area (Å²) in [5, 5.41) is 7.85. The van der Waals surface area contributed by atoms with Gasteiger partial charge in [0.15, 0.2) is 5.82 Å². The van der Waals surface area contributed by atoms with Crippen molar-refractivity contribution in [2.75, 3.05) is 5.73 Å². The van der Waals surface area contributed by atoms with E-state index in [-0.39, 0.29) is 16.7 Å². The summed E-state index contributed by atoms with van der Waals surface area (Å²) in [6.45, 7) is 0. The third-order valence-corrected chi connectivity index (χ3v) is 2.51. The first-order valence-corrected chi connectivity index (χ1v) is 4.95. The zero-order valence-electron chi connectivity index (χ0n) is 9.09. The highest BCUT2D eigenvalue weighted by Crippen LogP contribution is 2.16. The number of halogens is 1. The molecule has 0 saturated carbocycles. The Morgan fingerprint density at radius 3 is 2.47 bits per heavy atom. The fraction of sp³-hybridized carbons (Fsp3) is 0.250. The second-order valence-corrected chi connectivity index (χ2v) is 3.81. The van der Waals surface area contributed by atoms with Crippen LogP contribution in [-0.2, 0) is 14.1 Å².